The van der Waals surface area contributed by atoms with E-state index in [0.29, 0.717) is 5.41 Å². The Morgan fingerprint density at radius 3 is 2.75 bits per heavy atom. The normalized spacial score (nSPS) is 23.4. The van der Waals surface area contributed by atoms with Crippen molar-refractivity contribution in [3.05, 3.63) is 15.0 Å². The van der Waals surface area contributed by atoms with Gasteiger partial charge in [0.15, 0.2) is 0 Å². The summed E-state index contributed by atoms with van der Waals surface area (Å²) in [7, 11) is 0. The molecule has 7 heteroatoms. The fraction of sp³-hybridized carbons (Fsp3) is 0.692. The summed E-state index contributed by atoms with van der Waals surface area (Å²) < 4.78 is 6.55. The summed E-state index contributed by atoms with van der Waals surface area (Å²) in [4.78, 5) is 15.3. The van der Waals surface area contributed by atoms with E-state index in [9.17, 15) is 4.79 Å². The molecule has 1 aliphatic heterocycles. The topological polar surface area (TPSA) is 71.5 Å². The third-order valence-electron chi connectivity index (χ3n) is 4.32. The maximum absolute atomic E-state index is 10.8. The van der Waals surface area contributed by atoms with Crippen LogP contribution in [0, 0.1) is 5.41 Å². The molecule has 1 aromatic rings. The van der Waals surface area contributed by atoms with Gasteiger partial charge in [-0.1, -0.05) is 0 Å². The highest BCUT2D eigenvalue weighted by Gasteiger charge is 2.58. The number of carbonyl (C=O) groups is 1. The van der Waals surface area contributed by atoms with Crippen molar-refractivity contribution in [1.29, 1.82) is 0 Å². The first kappa shape index (κ1) is 14.4. The van der Waals surface area contributed by atoms with Gasteiger partial charge >= 0.3 is 5.97 Å². The predicted molar refractivity (Wildman–Crippen MR) is 78.9 cm³/mol. The molecular weight excluding hydrogens is 344 g/mol. The predicted octanol–water partition coefficient (Wildman–Crippen LogP) is 2.37. The highest BCUT2D eigenvalue weighted by atomic mass is 79.9. The quantitative estimate of drug-likeness (QED) is 0.862. The largest absolute Gasteiger partial charge is 0.480 e. The summed E-state index contributed by atoms with van der Waals surface area (Å²) in [6.07, 6.45) is 4.04. The van der Waals surface area contributed by atoms with Crippen LogP contribution in [-0.2, 0) is 15.1 Å². The molecule has 1 aliphatic carbocycles. The Labute approximate surface area is 129 Å². The third-order valence-corrected chi connectivity index (χ3v) is 6.06. The van der Waals surface area contributed by atoms with Crippen LogP contribution in [0.2, 0.25) is 0 Å². The first-order valence-electron chi connectivity index (χ1n) is 6.72. The molecule has 3 rings (SSSR count). The van der Waals surface area contributed by atoms with E-state index in [1.807, 2.05) is 5.38 Å². The second-order valence-electron chi connectivity index (χ2n) is 5.76. The Hall–Kier alpha value is -0.500. The summed E-state index contributed by atoms with van der Waals surface area (Å²) in [5.41, 5.74) is -0.186. The number of thiazole rings is 1. The molecule has 110 valence electrons. The van der Waals surface area contributed by atoms with Crippen molar-refractivity contribution in [3.63, 3.8) is 0 Å². The van der Waals surface area contributed by atoms with E-state index in [-0.39, 0.29) is 6.61 Å². The number of halogens is 1. The number of carboxylic acid groups (broad SMARTS) is 1. The average Bonchev–Trinajstić information content (AvgIpc) is 2.82. The molecule has 1 aromatic heterocycles. The Morgan fingerprint density at radius 2 is 2.20 bits per heavy atom. The molecule has 1 saturated heterocycles. The number of nitrogens with zero attached hydrogens (tertiary/aromatic N) is 1. The van der Waals surface area contributed by atoms with Crippen LogP contribution in [-0.4, -0.2) is 35.8 Å². The molecule has 0 unspecified atom stereocenters. The van der Waals surface area contributed by atoms with Gasteiger partial charge in [0.1, 0.15) is 21.8 Å². The van der Waals surface area contributed by atoms with Crippen LogP contribution in [0.15, 0.2) is 9.98 Å². The zero-order valence-electron chi connectivity index (χ0n) is 11.0. The fourth-order valence-corrected chi connectivity index (χ4v) is 4.85. The smallest absolute Gasteiger partial charge is 0.329 e. The minimum absolute atomic E-state index is 0.258. The van der Waals surface area contributed by atoms with E-state index >= 15 is 0 Å². The molecule has 0 bridgehead atoms. The van der Waals surface area contributed by atoms with E-state index in [4.69, 9.17) is 9.84 Å². The first-order chi connectivity index (χ1) is 9.54. The van der Waals surface area contributed by atoms with Crippen molar-refractivity contribution < 1.29 is 14.6 Å². The Bertz CT molecular complexity index is 505. The van der Waals surface area contributed by atoms with Gasteiger partial charge in [0.2, 0.25) is 0 Å². The van der Waals surface area contributed by atoms with Crippen molar-refractivity contribution >= 4 is 33.2 Å². The van der Waals surface area contributed by atoms with Gasteiger partial charge in [-0.25, -0.2) is 9.78 Å². The monoisotopic (exact) mass is 360 g/mol. The number of piperidine rings is 1. The average molecular weight is 361 g/mol. The van der Waals surface area contributed by atoms with E-state index in [2.05, 4.69) is 26.2 Å². The second-order valence-corrected chi connectivity index (χ2v) is 7.43. The number of ether oxygens (including phenoxy) is 1. The highest BCUT2D eigenvalue weighted by molar-refractivity contribution is 9.10. The molecule has 2 N–H and O–H groups in total. The zero-order valence-corrected chi connectivity index (χ0v) is 13.4. The van der Waals surface area contributed by atoms with Gasteiger partial charge in [-0.05, 0) is 60.1 Å². The minimum atomic E-state index is -0.925. The van der Waals surface area contributed by atoms with Gasteiger partial charge in [0.05, 0.1) is 0 Å². The van der Waals surface area contributed by atoms with Crippen LogP contribution in [0.1, 0.15) is 30.7 Å². The summed E-state index contributed by atoms with van der Waals surface area (Å²) >= 11 is 4.90. The SMILES string of the molecule is O=C(O)COC1(c2nc(Br)cs2)CC2(CCNCC2)C1. The van der Waals surface area contributed by atoms with Crippen LogP contribution >= 0.6 is 27.3 Å². The van der Waals surface area contributed by atoms with Crippen molar-refractivity contribution in [2.75, 3.05) is 19.7 Å². The maximum Gasteiger partial charge on any atom is 0.329 e. The third kappa shape index (κ3) is 2.64. The minimum Gasteiger partial charge on any atom is -0.480 e. The Kier molecular flexibility index (Phi) is 3.87. The number of carboxylic acids is 1. The van der Waals surface area contributed by atoms with Crippen molar-refractivity contribution in [3.8, 4) is 0 Å². The molecule has 2 heterocycles. The summed E-state index contributed by atoms with van der Waals surface area (Å²) in [5.74, 6) is -0.925. The number of hydrogen-bond acceptors (Lipinski definition) is 5. The van der Waals surface area contributed by atoms with Crippen molar-refractivity contribution in [1.82, 2.24) is 10.3 Å². The Balaban J connectivity index is 1.78. The molecule has 20 heavy (non-hydrogen) atoms. The number of hydrogen-bond donors (Lipinski definition) is 2. The number of aromatic nitrogens is 1. The summed E-state index contributed by atoms with van der Waals surface area (Å²) in [5, 5.41) is 15.1. The number of nitrogens with one attached hydrogen (secondary N) is 1. The molecule has 2 fully saturated rings. The molecule has 0 atom stereocenters. The molecule has 0 radical (unpaired) electrons. The molecular formula is C13H17BrN2O3S. The fourth-order valence-electron chi connectivity index (χ4n) is 3.45. The van der Waals surface area contributed by atoms with Gasteiger partial charge in [0, 0.05) is 5.38 Å². The lowest BCUT2D eigenvalue weighted by Crippen LogP contribution is -2.55. The van der Waals surface area contributed by atoms with Crippen molar-refractivity contribution in [2.24, 2.45) is 5.41 Å². The van der Waals surface area contributed by atoms with Crippen LogP contribution in [0.25, 0.3) is 0 Å². The number of aliphatic carboxylic acids is 1. The first-order valence-corrected chi connectivity index (χ1v) is 8.39. The lowest BCUT2D eigenvalue weighted by atomic mass is 9.55. The summed E-state index contributed by atoms with van der Waals surface area (Å²) in [6.45, 7) is 1.82. The van der Waals surface area contributed by atoms with Gasteiger partial charge in [-0.15, -0.1) is 11.3 Å². The van der Waals surface area contributed by atoms with E-state index in [1.54, 1.807) is 0 Å². The Morgan fingerprint density at radius 1 is 1.50 bits per heavy atom. The standard InChI is InChI=1S/C13H17BrN2O3S/c14-9-6-20-11(16-9)13(19-5-10(17)18)7-12(8-13)1-3-15-4-2-12/h6,15H,1-5,7-8H2,(H,17,18). The maximum atomic E-state index is 10.8. The van der Waals surface area contributed by atoms with Gasteiger partial charge < -0.3 is 15.2 Å². The summed E-state index contributed by atoms with van der Waals surface area (Å²) in [6, 6.07) is 0. The van der Waals surface area contributed by atoms with Gasteiger partial charge in [-0.3, -0.25) is 0 Å². The van der Waals surface area contributed by atoms with Crippen molar-refractivity contribution in [2.45, 2.75) is 31.3 Å². The zero-order chi connectivity index (χ0) is 14.2. The lowest BCUT2D eigenvalue weighted by molar-refractivity contribution is -0.194. The van der Waals surface area contributed by atoms with Gasteiger partial charge in [0.25, 0.3) is 0 Å². The van der Waals surface area contributed by atoms with E-state index in [0.717, 1.165) is 48.4 Å². The molecule has 0 amide bonds. The molecule has 2 aliphatic rings. The molecule has 1 saturated carbocycles. The van der Waals surface area contributed by atoms with E-state index < -0.39 is 11.6 Å². The van der Waals surface area contributed by atoms with Crippen LogP contribution in [0.4, 0.5) is 0 Å². The highest BCUT2D eigenvalue weighted by Crippen LogP contribution is 2.60. The van der Waals surface area contributed by atoms with E-state index in [1.165, 1.54) is 11.3 Å². The molecule has 1 spiro atoms. The molecule has 5 nitrogen and oxygen atoms in total. The number of rotatable bonds is 4. The second kappa shape index (κ2) is 5.36. The lowest BCUT2D eigenvalue weighted by Gasteiger charge is -2.56. The van der Waals surface area contributed by atoms with Gasteiger partial charge in [-0.2, -0.15) is 0 Å². The van der Waals surface area contributed by atoms with Crippen LogP contribution in [0.3, 0.4) is 0 Å². The molecule has 0 aromatic carbocycles. The van der Waals surface area contributed by atoms with Crippen LogP contribution in [0.5, 0.6) is 0 Å². The van der Waals surface area contributed by atoms with Crippen LogP contribution < -0.4 is 5.32 Å².